The summed E-state index contributed by atoms with van der Waals surface area (Å²) in [6, 6.07) is 6.72. The highest BCUT2D eigenvalue weighted by Crippen LogP contribution is 2.12. The van der Waals surface area contributed by atoms with E-state index in [1.54, 1.807) is 0 Å². The van der Waals surface area contributed by atoms with Gasteiger partial charge in [-0.1, -0.05) is 18.2 Å². The lowest BCUT2D eigenvalue weighted by Crippen LogP contribution is -2.24. The van der Waals surface area contributed by atoms with E-state index in [2.05, 4.69) is 4.99 Å². The maximum atomic E-state index is 11.0. The van der Waals surface area contributed by atoms with Crippen LogP contribution in [0.5, 0.6) is 0 Å². The maximum absolute atomic E-state index is 11.0. The van der Waals surface area contributed by atoms with Crippen molar-refractivity contribution in [2.24, 2.45) is 10.7 Å². The van der Waals surface area contributed by atoms with Gasteiger partial charge in [-0.15, -0.1) is 0 Å². The number of carboxylic acids is 1. The summed E-state index contributed by atoms with van der Waals surface area (Å²) in [5.74, 6) is -0.908. The lowest BCUT2D eigenvalue weighted by atomic mass is 10.0. The van der Waals surface area contributed by atoms with Crippen LogP contribution in [0.4, 0.5) is 0 Å². The smallest absolute Gasteiger partial charge is 0.332 e. The Morgan fingerprint density at radius 1 is 1.47 bits per heavy atom. The molecule has 78 valence electrons. The number of carboxylic acid groups (broad SMARTS) is 1. The van der Waals surface area contributed by atoms with Gasteiger partial charge in [0.15, 0.2) is 6.04 Å². The number of benzene rings is 1. The van der Waals surface area contributed by atoms with Crippen LogP contribution in [-0.4, -0.2) is 23.7 Å². The number of nitrogens with zero attached hydrogens (tertiary/aromatic N) is 1. The minimum atomic E-state index is -0.908. The topological polar surface area (TPSA) is 75.7 Å². The highest BCUT2D eigenvalue weighted by atomic mass is 16.4. The maximum Gasteiger partial charge on any atom is 0.332 e. The van der Waals surface area contributed by atoms with Crippen LogP contribution in [0.25, 0.3) is 5.57 Å². The van der Waals surface area contributed by atoms with Crippen LogP contribution in [0.1, 0.15) is 6.42 Å². The van der Waals surface area contributed by atoms with Crippen LogP contribution in [0, 0.1) is 0 Å². The van der Waals surface area contributed by atoms with Crippen LogP contribution < -0.4 is 16.3 Å². The first kappa shape index (κ1) is 9.86. The summed E-state index contributed by atoms with van der Waals surface area (Å²) in [5.41, 5.74) is 6.29. The second-order valence-corrected chi connectivity index (χ2v) is 3.45. The second-order valence-electron chi connectivity index (χ2n) is 3.45. The fourth-order valence-corrected chi connectivity index (χ4v) is 1.85. The highest BCUT2D eigenvalue weighted by Gasteiger charge is 2.24. The molecule has 4 heteroatoms. The van der Waals surface area contributed by atoms with Crippen molar-refractivity contribution in [2.45, 2.75) is 12.5 Å². The molecule has 1 aromatic carbocycles. The molecule has 0 bridgehead atoms. The molecule has 0 radical (unpaired) electrons. The summed E-state index contributed by atoms with van der Waals surface area (Å²) in [7, 11) is 0. The largest absolute Gasteiger partial charge is 0.479 e. The Kier molecular flexibility index (Phi) is 2.51. The lowest BCUT2D eigenvalue weighted by Gasteiger charge is -2.06. The Hall–Kier alpha value is -1.68. The Balaban J connectivity index is 2.61. The number of carbonyl (C=O) groups is 1. The fourth-order valence-electron chi connectivity index (χ4n) is 1.85. The molecule has 1 aliphatic rings. The predicted molar refractivity (Wildman–Crippen MR) is 55.7 cm³/mol. The van der Waals surface area contributed by atoms with Gasteiger partial charge in [0.2, 0.25) is 0 Å². The zero-order chi connectivity index (χ0) is 10.8. The van der Waals surface area contributed by atoms with Crippen molar-refractivity contribution in [3.63, 3.8) is 0 Å². The van der Waals surface area contributed by atoms with E-state index in [0.717, 1.165) is 16.1 Å². The minimum absolute atomic E-state index is 0.447. The zero-order valence-corrected chi connectivity index (χ0v) is 8.18. The SMILES string of the molecule is NCCC1=c2ccccc2=N[C@@H]1C(=O)O. The summed E-state index contributed by atoms with van der Waals surface area (Å²) in [5, 5.41) is 10.7. The van der Waals surface area contributed by atoms with Gasteiger partial charge in [0.25, 0.3) is 0 Å². The lowest BCUT2D eigenvalue weighted by molar-refractivity contribution is -0.137. The Labute approximate surface area is 86.8 Å². The fraction of sp³-hybridized carbons (Fsp3) is 0.273. The highest BCUT2D eigenvalue weighted by molar-refractivity contribution is 5.86. The van der Waals surface area contributed by atoms with E-state index in [-0.39, 0.29) is 0 Å². The molecule has 4 nitrogen and oxygen atoms in total. The molecule has 1 atom stereocenters. The number of nitrogens with two attached hydrogens (primary N) is 1. The van der Waals surface area contributed by atoms with Gasteiger partial charge in [0.1, 0.15) is 0 Å². The van der Waals surface area contributed by atoms with E-state index in [9.17, 15) is 4.79 Å². The van der Waals surface area contributed by atoms with Crippen LogP contribution in [0.3, 0.4) is 0 Å². The third kappa shape index (κ3) is 1.64. The van der Waals surface area contributed by atoms with Crippen molar-refractivity contribution >= 4 is 11.5 Å². The Morgan fingerprint density at radius 3 is 2.87 bits per heavy atom. The molecule has 15 heavy (non-hydrogen) atoms. The predicted octanol–water partition coefficient (Wildman–Crippen LogP) is -0.728. The van der Waals surface area contributed by atoms with E-state index in [4.69, 9.17) is 10.8 Å². The van der Waals surface area contributed by atoms with Crippen molar-refractivity contribution in [3.05, 3.63) is 34.8 Å². The number of hydrogen-bond acceptors (Lipinski definition) is 3. The molecule has 0 saturated carbocycles. The molecular formula is C11H12N2O2. The van der Waals surface area contributed by atoms with Gasteiger partial charge in [0, 0.05) is 5.22 Å². The zero-order valence-electron chi connectivity index (χ0n) is 8.18. The summed E-state index contributed by atoms with van der Waals surface area (Å²) in [6.07, 6.45) is 0.581. The van der Waals surface area contributed by atoms with Crippen molar-refractivity contribution in [1.29, 1.82) is 0 Å². The van der Waals surface area contributed by atoms with E-state index < -0.39 is 12.0 Å². The Morgan fingerprint density at radius 2 is 2.20 bits per heavy atom. The molecule has 0 aliphatic carbocycles. The van der Waals surface area contributed by atoms with Gasteiger partial charge in [-0.05, 0) is 24.6 Å². The number of fused-ring (bicyclic) bond motifs is 1. The van der Waals surface area contributed by atoms with Gasteiger partial charge in [0.05, 0.1) is 5.36 Å². The van der Waals surface area contributed by atoms with Crippen LogP contribution in [0.15, 0.2) is 29.3 Å². The van der Waals surface area contributed by atoms with Crippen LogP contribution in [0.2, 0.25) is 0 Å². The molecule has 3 N–H and O–H groups in total. The van der Waals surface area contributed by atoms with Crippen molar-refractivity contribution in [3.8, 4) is 0 Å². The second kappa shape index (κ2) is 3.82. The summed E-state index contributed by atoms with van der Waals surface area (Å²) in [6.45, 7) is 0.447. The molecule has 0 amide bonds. The standard InChI is InChI=1S/C11H12N2O2/c12-6-5-8-7-3-1-2-4-9(7)13-10(8)11(14)15/h1-4,10H,5-6,12H2,(H,14,15)/t10-/m0/s1. The molecule has 0 aromatic heterocycles. The number of hydrogen-bond donors (Lipinski definition) is 2. The van der Waals surface area contributed by atoms with Crippen LogP contribution >= 0.6 is 0 Å². The quantitative estimate of drug-likeness (QED) is 0.681. The molecule has 0 saturated heterocycles. The molecule has 1 aliphatic heterocycles. The van der Waals surface area contributed by atoms with E-state index in [0.29, 0.717) is 13.0 Å². The molecule has 0 unspecified atom stereocenters. The van der Waals surface area contributed by atoms with Crippen LogP contribution in [-0.2, 0) is 4.79 Å². The number of aliphatic carboxylic acids is 1. The van der Waals surface area contributed by atoms with E-state index >= 15 is 0 Å². The van der Waals surface area contributed by atoms with Gasteiger partial charge in [-0.25, -0.2) is 4.79 Å². The number of rotatable bonds is 3. The molecular weight excluding hydrogens is 192 g/mol. The van der Waals surface area contributed by atoms with Gasteiger partial charge in [-0.2, -0.15) is 0 Å². The number of para-hydroxylation sites is 1. The average molecular weight is 204 g/mol. The first-order chi connectivity index (χ1) is 7.24. The van der Waals surface area contributed by atoms with Crippen molar-refractivity contribution < 1.29 is 9.90 Å². The normalized spacial score (nSPS) is 18.5. The third-order valence-corrected chi connectivity index (χ3v) is 2.50. The van der Waals surface area contributed by atoms with Crippen molar-refractivity contribution in [1.82, 2.24) is 0 Å². The summed E-state index contributed by atoms with van der Waals surface area (Å²) >= 11 is 0. The average Bonchev–Trinajstić information content (AvgIpc) is 2.58. The minimum Gasteiger partial charge on any atom is -0.479 e. The van der Waals surface area contributed by atoms with Gasteiger partial charge >= 0.3 is 5.97 Å². The summed E-state index contributed by atoms with van der Waals surface area (Å²) < 4.78 is 0. The molecule has 1 heterocycles. The van der Waals surface area contributed by atoms with Crippen molar-refractivity contribution in [2.75, 3.05) is 6.54 Å². The molecule has 2 rings (SSSR count). The molecule has 1 aromatic rings. The summed E-state index contributed by atoms with van der Waals surface area (Å²) in [4.78, 5) is 15.2. The van der Waals surface area contributed by atoms with Gasteiger partial charge in [-0.3, -0.25) is 4.99 Å². The third-order valence-electron chi connectivity index (χ3n) is 2.50. The van der Waals surface area contributed by atoms with Gasteiger partial charge < -0.3 is 10.8 Å². The van der Waals surface area contributed by atoms with E-state index in [1.807, 2.05) is 24.3 Å². The van der Waals surface area contributed by atoms with E-state index in [1.165, 1.54) is 0 Å². The first-order valence-electron chi connectivity index (χ1n) is 4.83. The first-order valence-corrected chi connectivity index (χ1v) is 4.83. The molecule has 0 fully saturated rings. The molecule has 0 spiro atoms. The monoisotopic (exact) mass is 204 g/mol. The Bertz CT molecular complexity index is 508.